The van der Waals surface area contributed by atoms with Gasteiger partial charge in [-0.2, -0.15) is 0 Å². The molecule has 0 unspecified atom stereocenters. The highest BCUT2D eigenvalue weighted by Gasteiger charge is 2.29. The Bertz CT molecular complexity index is 581. The first kappa shape index (κ1) is 17.4. The zero-order valence-corrected chi connectivity index (χ0v) is 13.3. The Kier molecular flexibility index (Phi) is 5.71. The molecule has 1 aliphatic carbocycles. The van der Waals surface area contributed by atoms with Crippen molar-refractivity contribution in [1.82, 2.24) is 5.32 Å². The highest BCUT2D eigenvalue weighted by molar-refractivity contribution is 6.39. The molecule has 0 saturated heterocycles. The standard InChI is InChI=1S/C17H23FN2O3/c1-12-6-7-13(18)10-14(12)20-16(22)15(21)19-11-17(23)8-4-2-3-5-9-17/h6-7,10,23H,2-5,8-9,11H2,1H3,(H,19,21)(H,20,22). The Balaban J connectivity index is 1.89. The van der Waals surface area contributed by atoms with Crippen molar-refractivity contribution >= 4 is 17.5 Å². The average Bonchev–Trinajstić information content (AvgIpc) is 2.73. The number of benzene rings is 1. The Morgan fingerprint density at radius 2 is 1.83 bits per heavy atom. The van der Waals surface area contributed by atoms with Gasteiger partial charge >= 0.3 is 11.8 Å². The van der Waals surface area contributed by atoms with Crippen molar-refractivity contribution in [2.24, 2.45) is 0 Å². The number of carbonyl (C=O) groups is 2. The van der Waals surface area contributed by atoms with E-state index in [-0.39, 0.29) is 12.2 Å². The lowest BCUT2D eigenvalue weighted by Crippen LogP contribution is -2.46. The summed E-state index contributed by atoms with van der Waals surface area (Å²) in [5.41, 5.74) is -0.0189. The zero-order valence-electron chi connectivity index (χ0n) is 13.3. The fraction of sp³-hybridized carbons (Fsp3) is 0.529. The molecule has 126 valence electrons. The van der Waals surface area contributed by atoms with E-state index in [9.17, 15) is 19.1 Å². The molecule has 3 N–H and O–H groups in total. The first-order valence-electron chi connectivity index (χ1n) is 7.97. The molecule has 1 saturated carbocycles. The van der Waals surface area contributed by atoms with Gasteiger partial charge in [-0.1, -0.05) is 31.7 Å². The summed E-state index contributed by atoms with van der Waals surface area (Å²) in [6.45, 7) is 1.77. The van der Waals surface area contributed by atoms with Gasteiger partial charge in [0.25, 0.3) is 0 Å². The van der Waals surface area contributed by atoms with Gasteiger partial charge in [0, 0.05) is 12.2 Å². The number of carbonyl (C=O) groups excluding carboxylic acids is 2. The maximum Gasteiger partial charge on any atom is 0.313 e. The largest absolute Gasteiger partial charge is 0.388 e. The van der Waals surface area contributed by atoms with Crippen LogP contribution in [0.25, 0.3) is 0 Å². The molecule has 1 aliphatic rings. The molecule has 0 radical (unpaired) electrons. The van der Waals surface area contributed by atoms with Crippen molar-refractivity contribution in [3.8, 4) is 0 Å². The predicted molar refractivity (Wildman–Crippen MR) is 85.4 cm³/mol. The third-order valence-corrected chi connectivity index (χ3v) is 4.27. The number of nitrogens with one attached hydrogen (secondary N) is 2. The molecule has 23 heavy (non-hydrogen) atoms. The summed E-state index contributed by atoms with van der Waals surface area (Å²) >= 11 is 0. The van der Waals surface area contributed by atoms with E-state index in [1.54, 1.807) is 6.92 Å². The molecule has 1 fully saturated rings. The summed E-state index contributed by atoms with van der Waals surface area (Å²) in [5, 5.41) is 15.3. The number of amides is 2. The van der Waals surface area contributed by atoms with E-state index in [1.165, 1.54) is 18.2 Å². The summed E-state index contributed by atoms with van der Waals surface area (Å²) in [6.07, 6.45) is 5.24. The molecule has 0 aliphatic heterocycles. The molecular formula is C17H23FN2O3. The smallest absolute Gasteiger partial charge is 0.313 e. The second-order valence-electron chi connectivity index (χ2n) is 6.23. The molecule has 0 atom stereocenters. The first-order chi connectivity index (χ1) is 10.9. The van der Waals surface area contributed by atoms with E-state index in [1.807, 2.05) is 0 Å². The molecule has 6 heteroatoms. The second-order valence-corrected chi connectivity index (χ2v) is 6.23. The van der Waals surface area contributed by atoms with Gasteiger partial charge in [-0.05, 0) is 37.5 Å². The first-order valence-corrected chi connectivity index (χ1v) is 7.97. The van der Waals surface area contributed by atoms with Gasteiger partial charge in [-0.15, -0.1) is 0 Å². The van der Waals surface area contributed by atoms with Crippen molar-refractivity contribution < 1.29 is 19.1 Å². The van der Waals surface area contributed by atoms with E-state index in [2.05, 4.69) is 10.6 Å². The van der Waals surface area contributed by atoms with Crippen LogP contribution in [0, 0.1) is 12.7 Å². The second kappa shape index (κ2) is 7.55. The topological polar surface area (TPSA) is 78.4 Å². The normalized spacial score (nSPS) is 17.2. The van der Waals surface area contributed by atoms with E-state index in [0.717, 1.165) is 25.7 Å². The maximum absolute atomic E-state index is 13.2. The van der Waals surface area contributed by atoms with Crippen LogP contribution >= 0.6 is 0 Å². The van der Waals surface area contributed by atoms with Crippen LogP contribution in [0.5, 0.6) is 0 Å². The Hall–Kier alpha value is -1.95. The van der Waals surface area contributed by atoms with Crippen LogP contribution in [0.2, 0.25) is 0 Å². The van der Waals surface area contributed by atoms with Crippen LogP contribution < -0.4 is 10.6 Å². The highest BCUT2D eigenvalue weighted by Crippen LogP contribution is 2.26. The van der Waals surface area contributed by atoms with Crippen molar-refractivity contribution in [3.05, 3.63) is 29.6 Å². The van der Waals surface area contributed by atoms with Gasteiger partial charge < -0.3 is 15.7 Å². The summed E-state index contributed by atoms with van der Waals surface area (Å²) in [6, 6.07) is 3.98. The molecule has 2 rings (SSSR count). The Morgan fingerprint density at radius 3 is 2.48 bits per heavy atom. The van der Waals surface area contributed by atoms with E-state index in [4.69, 9.17) is 0 Å². The van der Waals surface area contributed by atoms with Gasteiger partial charge in [0.05, 0.1) is 5.60 Å². The van der Waals surface area contributed by atoms with Crippen LogP contribution in [-0.4, -0.2) is 29.1 Å². The third kappa shape index (κ3) is 5.03. The molecule has 0 bridgehead atoms. The number of hydrogen-bond acceptors (Lipinski definition) is 3. The van der Waals surface area contributed by atoms with E-state index in [0.29, 0.717) is 18.4 Å². The number of aliphatic hydroxyl groups is 1. The maximum atomic E-state index is 13.2. The Morgan fingerprint density at radius 1 is 1.17 bits per heavy atom. The quantitative estimate of drug-likeness (QED) is 0.590. The number of halogens is 1. The minimum Gasteiger partial charge on any atom is -0.388 e. The Labute approximate surface area is 135 Å². The average molecular weight is 322 g/mol. The minimum absolute atomic E-state index is 0.0569. The van der Waals surface area contributed by atoms with Crippen LogP contribution in [0.4, 0.5) is 10.1 Å². The van der Waals surface area contributed by atoms with Crippen LogP contribution in [0.15, 0.2) is 18.2 Å². The van der Waals surface area contributed by atoms with Gasteiger partial charge in [-0.25, -0.2) is 4.39 Å². The molecule has 0 heterocycles. The van der Waals surface area contributed by atoms with Gasteiger partial charge in [0.2, 0.25) is 0 Å². The number of rotatable bonds is 3. The number of anilines is 1. The van der Waals surface area contributed by atoms with Crippen molar-refractivity contribution in [3.63, 3.8) is 0 Å². The van der Waals surface area contributed by atoms with Crippen LogP contribution in [0.3, 0.4) is 0 Å². The fourth-order valence-corrected chi connectivity index (χ4v) is 2.80. The lowest BCUT2D eigenvalue weighted by atomic mass is 9.94. The van der Waals surface area contributed by atoms with Gasteiger partial charge in [0.15, 0.2) is 0 Å². The summed E-state index contributed by atoms with van der Waals surface area (Å²) in [5.74, 6) is -2.18. The lowest BCUT2D eigenvalue weighted by molar-refractivity contribution is -0.136. The summed E-state index contributed by atoms with van der Waals surface area (Å²) in [7, 11) is 0. The van der Waals surface area contributed by atoms with Crippen molar-refractivity contribution in [2.45, 2.75) is 51.0 Å². The van der Waals surface area contributed by atoms with Crippen molar-refractivity contribution in [2.75, 3.05) is 11.9 Å². The highest BCUT2D eigenvalue weighted by atomic mass is 19.1. The van der Waals surface area contributed by atoms with Gasteiger partial charge in [-0.3, -0.25) is 9.59 Å². The SMILES string of the molecule is Cc1ccc(F)cc1NC(=O)C(=O)NCC1(O)CCCCCC1. The third-order valence-electron chi connectivity index (χ3n) is 4.27. The monoisotopic (exact) mass is 322 g/mol. The van der Waals surface area contributed by atoms with Gasteiger partial charge in [0.1, 0.15) is 5.82 Å². The zero-order chi connectivity index (χ0) is 16.9. The molecule has 1 aromatic carbocycles. The molecule has 0 spiro atoms. The van der Waals surface area contributed by atoms with Crippen LogP contribution in [-0.2, 0) is 9.59 Å². The number of hydrogen-bond donors (Lipinski definition) is 3. The molecule has 2 amide bonds. The lowest BCUT2D eigenvalue weighted by Gasteiger charge is -2.26. The summed E-state index contributed by atoms with van der Waals surface area (Å²) in [4.78, 5) is 23.8. The molecule has 0 aromatic heterocycles. The molecule has 5 nitrogen and oxygen atoms in total. The predicted octanol–water partition coefficient (Wildman–Crippen LogP) is 2.27. The van der Waals surface area contributed by atoms with Crippen molar-refractivity contribution in [1.29, 1.82) is 0 Å². The van der Waals surface area contributed by atoms with Crippen LogP contribution in [0.1, 0.15) is 44.1 Å². The fourth-order valence-electron chi connectivity index (χ4n) is 2.80. The number of aryl methyl sites for hydroxylation is 1. The minimum atomic E-state index is -0.943. The van der Waals surface area contributed by atoms with E-state index >= 15 is 0 Å². The summed E-state index contributed by atoms with van der Waals surface area (Å²) < 4.78 is 13.2. The molecular weight excluding hydrogens is 299 g/mol. The molecule has 1 aromatic rings. The van der Waals surface area contributed by atoms with E-state index < -0.39 is 23.2 Å².